The first kappa shape index (κ1) is 22.4. The largest absolute Gasteiger partial charge is 0.465 e. The van der Waals surface area contributed by atoms with Crippen LogP contribution >= 0.6 is 23.6 Å². The first-order valence-electron chi connectivity index (χ1n) is 9.38. The molecular weight excluding hydrogens is 434 g/mol. The Balaban J connectivity index is 1.75. The first-order chi connectivity index (χ1) is 14.8. The molecule has 2 N–H and O–H groups in total. The van der Waals surface area contributed by atoms with E-state index in [0.717, 1.165) is 16.9 Å². The molecule has 31 heavy (non-hydrogen) atoms. The van der Waals surface area contributed by atoms with Crippen molar-refractivity contribution < 1.29 is 14.3 Å². The summed E-state index contributed by atoms with van der Waals surface area (Å²) in [5, 5.41) is 11.1. The van der Waals surface area contributed by atoms with E-state index in [-0.39, 0.29) is 11.0 Å². The molecule has 0 aliphatic heterocycles. The molecule has 3 aromatic rings. The van der Waals surface area contributed by atoms with Crippen molar-refractivity contribution in [2.24, 2.45) is 0 Å². The minimum absolute atomic E-state index is 0.193. The number of benzene rings is 1. The van der Waals surface area contributed by atoms with Crippen molar-refractivity contribution in [3.8, 4) is 0 Å². The van der Waals surface area contributed by atoms with Crippen LogP contribution in [0, 0.1) is 6.92 Å². The molecule has 0 aliphatic rings. The van der Waals surface area contributed by atoms with E-state index in [1.54, 1.807) is 31.9 Å². The van der Waals surface area contributed by atoms with Crippen molar-refractivity contribution in [3.63, 3.8) is 0 Å². The number of carbonyl (C=O) groups excluding carboxylic acids is 2. The van der Waals surface area contributed by atoms with Gasteiger partial charge in [0.15, 0.2) is 5.11 Å². The van der Waals surface area contributed by atoms with E-state index in [2.05, 4.69) is 15.7 Å². The summed E-state index contributed by atoms with van der Waals surface area (Å²) in [6.07, 6.45) is 3.50. The van der Waals surface area contributed by atoms with E-state index in [9.17, 15) is 9.59 Å². The minimum Gasteiger partial charge on any atom is -0.465 e. The van der Waals surface area contributed by atoms with E-state index in [1.165, 1.54) is 12.0 Å². The van der Waals surface area contributed by atoms with Gasteiger partial charge in [0, 0.05) is 20.3 Å². The van der Waals surface area contributed by atoms with Crippen LogP contribution in [0.15, 0.2) is 42.7 Å². The van der Waals surface area contributed by atoms with Crippen LogP contribution in [0.1, 0.15) is 31.2 Å². The Morgan fingerprint density at radius 2 is 1.94 bits per heavy atom. The first-order valence-corrected chi connectivity index (χ1v) is 10.6. The summed E-state index contributed by atoms with van der Waals surface area (Å²) >= 11 is 6.57. The number of thiocarbonyl (C=S) groups is 1. The van der Waals surface area contributed by atoms with E-state index >= 15 is 0 Å². The number of amides is 1. The summed E-state index contributed by atoms with van der Waals surface area (Å²) in [5.74, 6) is -0.727. The summed E-state index contributed by atoms with van der Waals surface area (Å²) in [5.41, 5.74) is 2.68. The van der Waals surface area contributed by atoms with Gasteiger partial charge in [-0.3, -0.25) is 9.48 Å². The average molecular weight is 458 g/mol. The zero-order valence-corrected chi connectivity index (χ0v) is 19.3. The molecule has 10 heteroatoms. The van der Waals surface area contributed by atoms with Crippen LogP contribution in [0.4, 0.5) is 10.7 Å². The third kappa shape index (κ3) is 5.28. The number of nitrogens with one attached hydrogen (secondary N) is 2. The number of esters is 1. The van der Waals surface area contributed by atoms with Crippen molar-refractivity contribution >= 4 is 51.2 Å². The molecule has 0 bridgehead atoms. The maximum Gasteiger partial charge on any atom is 0.341 e. The molecule has 2 heterocycles. The van der Waals surface area contributed by atoms with Crippen LogP contribution < -0.4 is 10.6 Å². The van der Waals surface area contributed by atoms with Crippen LogP contribution in [-0.2, 0) is 11.3 Å². The number of carbonyl (C=O) groups is 2. The maximum absolute atomic E-state index is 12.5. The highest BCUT2D eigenvalue weighted by atomic mass is 32.1. The van der Waals surface area contributed by atoms with E-state index in [4.69, 9.17) is 17.0 Å². The number of anilines is 2. The number of aromatic nitrogens is 2. The minimum atomic E-state index is -0.535. The van der Waals surface area contributed by atoms with Gasteiger partial charge in [-0.2, -0.15) is 5.10 Å². The van der Waals surface area contributed by atoms with Crippen molar-refractivity contribution in [3.05, 3.63) is 64.3 Å². The SMILES string of the molecule is COC(=O)c1c(NC(=S)Nc2cnn(Cc3ccccc3)c2)sc(C(=O)N(C)C)c1C. The van der Waals surface area contributed by atoms with Crippen LogP contribution in [0.25, 0.3) is 0 Å². The molecule has 3 rings (SSSR count). The lowest BCUT2D eigenvalue weighted by Crippen LogP contribution is -2.21. The Morgan fingerprint density at radius 3 is 2.58 bits per heavy atom. The fourth-order valence-electron chi connectivity index (χ4n) is 2.91. The number of hydrogen-bond donors (Lipinski definition) is 2. The fourth-order valence-corrected chi connectivity index (χ4v) is 4.41. The van der Waals surface area contributed by atoms with Crippen LogP contribution in [-0.4, -0.2) is 52.9 Å². The second-order valence-electron chi connectivity index (χ2n) is 6.94. The summed E-state index contributed by atoms with van der Waals surface area (Å²) < 4.78 is 6.69. The molecule has 0 radical (unpaired) electrons. The van der Waals surface area contributed by atoms with Crippen molar-refractivity contribution in [2.75, 3.05) is 31.8 Å². The van der Waals surface area contributed by atoms with Crippen LogP contribution in [0.2, 0.25) is 0 Å². The highest BCUT2D eigenvalue weighted by Crippen LogP contribution is 2.34. The lowest BCUT2D eigenvalue weighted by molar-refractivity contribution is 0.0601. The standard InChI is InChI=1S/C21H23N5O3S2/c1-13-16(20(28)29-4)18(31-17(13)19(27)25(2)3)24-21(30)23-15-10-22-26(12-15)11-14-8-6-5-7-9-14/h5-10,12H,11H2,1-4H3,(H2,23,24,30). The number of nitrogens with zero attached hydrogens (tertiary/aromatic N) is 3. The highest BCUT2D eigenvalue weighted by molar-refractivity contribution is 7.80. The van der Waals surface area contributed by atoms with Gasteiger partial charge in [0.2, 0.25) is 0 Å². The van der Waals surface area contributed by atoms with Crippen molar-refractivity contribution in [1.82, 2.24) is 14.7 Å². The smallest absolute Gasteiger partial charge is 0.341 e. The summed E-state index contributed by atoms with van der Waals surface area (Å²) in [6, 6.07) is 9.99. The molecule has 0 fully saturated rings. The van der Waals surface area contributed by atoms with Gasteiger partial charge in [-0.15, -0.1) is 11.3 Å². The second kappa shape index (κ2) is 9.71. The van der Waals surface area contributed by atoms with E-state index in [0.29, 0.717) is 33.2 Å². The summed E-state index contributed by atoms with van der Waals surface area (Å²) in [6.45, 7) is 2.35. The maximum atomic E-state index is 12.5. The van der Waals surface area contributed by atoms with Crippen LogP contribution in [0.5, 0.6) is 0 Å². The predicted molar refractivity (Wildman–Crippen MR) is 126 cm³/mol. The Morgan fingerprint density at radius 1 is 1.23 bits per heavy atom. The highest BCUT2D eigenvalue weighted by Gasteiger charge is 2.26. The Labute approximate surface area is 189 Å². The molecule has 0 spiro atoms. The second-order valence-corrected chi connectivity index (χ2v) is 8.37. The third-order valence-electron chi connectivity index (χ3n) is 4.44. The molecule has 0 saturated carbocycles. The molecule has 8 nitrogen and oxygen atoms in total. The van der Waals surface area contributed by atoms with Gasteiger partial charge in [0.1, 0.15) is 5.00 Å². The molecular formula is C21H23N5O3S2. The zero-order chi connectivity index (χ0) is 22.5. The lowest BCUT2D eigenvalue weighted by Gasteiger charge is -2.09. The topological polar surface area (TPSA) is 88.5 Å². The van der Waals surface area contributed by atoms with E-state index in [1.807, 2.05) is 36.5 Å². The van der Waals surface area contributed by atoms with Crippen LogP contribution in [0.3, 0.4) is 0 Å². The number of thiophene rings is 1. The van der Waals surface area contributed by atoms with Crippen molar-refractivity contribution in [1.29, 1.82) is 0 Å². The number of methoxy groups -OCH3 is 1. The number of ether oxygens (including phenoxy) is 1. The molecule has 0 atom stereocenters. The van der Waals surface area contributed by atoms with Gasteiger partial charge in [0.25, 0.3) is 5.91 Å². The fraction of sp³-hybridized carbons (Fsp3) is 0.238. The normalized spacial score (nSPS) is 10.5. The molecule has 0 aliphatic carbocycles. The Hall–Kier alpha value is -3.24. The monoisotopic (exact) mass is 457 g/mol. The lowest BCUT2D eigenvalue weighted by atomic mass is 10.1. The molecule has 0 saturated heterocycles. The quantitative estimate of drug-likeness (QED) is 0.432. The Bertz CT molecular complexity index is 1110. The Kier molecular flexibility index (Phi) is 7.03. The number of hydrogen-bond acceptors (Lipinski definition) is 6. The van der Waals surface area contributed by atoms with Gasteiger partial charge in [-0.25, -0.2) is 4.79 Å². The third-order valence-corrected chi connectivity index (χ3v) is 5.84. The van der Waals surface area contributed by atoms with Gasteiger partial charge in [0.05, 0.1) is 36.0 Å². The zero-order valence-electron chi connectivity index (χ0n) is 17.6. The average Bonchev–Trinajstić information content (AvgIpc) is 3.31. The molecule has 162 valence electrons. The number of rotatable bonds is 6. The van der Waals surface area contributed by atoms with Gasteiger partial charge >= 0.3 is 5.97 Å². The van der Waals surface area contributed by atoms with Gasteiger partial charge < -0.3 is 20.3 Å². The molecule has 2 aromatic heterocycles. The van der Waals surface area contributed by atoms with Crippen molar-refractivity contribution in [2.45, 2.75) is 13.5 Å². The molecule has 0 unspecified atom stereocenters. The summed E-state index contributed by atoms with van der Waals surface area (Å²) in [7, 11) is 4.62. The van der Waals surface area contributed by atoms with Gasteiger partial charge in [-0.1, -0.05) is 30.3 Å². The summed E-state index contributed by atoms with van der Waals surface area (Å²) in [4.78, 5) is 26.7. The predicted octanol–water partition coefficient (Wildman–Crippen LogP) is 3.60. The molecule has 1 aromatic carbocycles. The van der Waals surface area contributed by atoms with Gasteiger partial charge in [-0.05, 0) is 30.3 Å². The molecule has 1 amide bonds. The van der Waals surface area contributed by atoms with E-state index < -0.39 is 5.97 Å².